The lowest BCUT2D eigenvalue weighted by atomic mass is 10.0. The fraction of sp³-hybridized carbons (Fsp3) is 0.286. The van der Waals surface area contributed by atoms with Gasteiger partial charge in [0.1, 0.15) is 22.9 Å². The number of benzene rings is 2. The van der Waals surface area contributed by atoms with Gasteiger partial charge in [-0.2, -0.15) is 0 Å². The number of amides is 1. The summed E-state index contributed by atoms with van der Waals surface area (Å²) in [6.45, 7) is 7.21. The second-order valence-electron chi connectivity index (χ2n) is 8.70. The number of thiophene rings is 1. The quantitative estimate of drug-likeness (QED) is 0.174. The van der Waals surface area contributed by atoms with Gasteiger partial charge in [-0.25, -0.2) is 4.79 Å². The van der Waals surface area contributed by atoms with Gasteiger partial charge in [0, 0.05) is 17.5 Å². The van der Waals surface area contributed by atoms with Crippen LogP contribution in [-0.2, 0) is 22.7 Å². The Morgan fingerprint density at radius 2 is 1.82 bits per heavy atom. The molecule has 0 aliphatic rings. The molecule has 0 atom stereocenters. The Hall–Kier alpha value is -3.63. The summed E-state index contributed by atoms with van der Waals surface area (Å²) in [5, 5.41) is 14.3. The molecular weight excluding hydrogens is 520 g/mol. The zero-order valence-corrected chi connectivity index (χ0v) is 23.4. The number of aromatic nitrogens is 3. The maximum atomic E-state index is 12.8. The molecule has 2 aromatic carbocycles. The van der Waals surface area contributed by atoms with Gasteiger partial charge in [0.15, 0.2) is 11.0 Å². The Labute approximate surface area is 230 Å². The van der Waals surface area contributed by atoms with E-state index in [4.69, 9.17) is 9.47 Å². The number of rotatable bonds is 11. The van der Waals surface area contributed by atoms with E-state index in [1.165, 1.54) is 35.8 Å². The number of esters is 1. The number of ether oxygens (including phenoxy) is 2. The Bertz CT molecular complexity index is 1380. The summed E-state index contributed by atoms with van der Waals surface area (Å²) in [5.41, 5.74) is 3.20. The van der Waals surface area contributed by atoms with Gasteiger partial charge >= 0.3 is 5.97 Å². The minimum absolute atomic E-state index is 0.106. The Balaban J connectivity index is 1.39. The highest BCUT2D eigenvalue weighted by atomic mass is 32.2. The van der Waals surface area contributed by atoms with Crippen LogP contribution in [0, 0.1) is 0 Å². The van der Waals surface area contributed by atoms with Crippen molar-refractivity contribution in [2.45, 2.75) is 45.0 Å². The maximum Gasteiger partial charge on any atom is 0.341 e. The van der Waals surface area contributed by atoms with Crippen molar-refractivity contribution in [1.29, 1.82) is 0 Å². The van der Waals surface area contributed by atoms with E-state index in [1.54, 1.807) is 0 Å². The van der Waals surface area contributed by atoms with E-state index in [-0.39, 0.29) is 18.3 Å². The first-order valence-electron chi connectivity index (χ1n) is 12.2. The number of hydrogen-bond donors (Lipinski definition) is 1. The predicted octanol–water partition coefficient (Wildman–Crippen LogP) is 6.25. The lowest BCUT2D eigenvalue weighted by Gasteiger charge is -2.10. The molecule has 1 N–H and O–H groups in total. The molecule has 2 aromatic heterocycles. The molecule has 4 rings (SSSR count). The lowest BCUT2D eigenvalue weighted by Crippen LogP contribution is -2.16. The van der Waals surface area contributed by atoms with E-state index in [0.717, 1.165) is 16.9 Å². The van der Waals surface area contributed by atoms with Crippen molar-refractivity contribution in [3.63, 3.8) is 0 Å². The van der Waals surface area contributed by atoms with E-state index < -0.39 is 5.97 Å². The minimum Gasteiger partial charge on any atom is -0.486 e. The Morgan fingerprint density at radius 3 is 2.47 bits per heavy atom. The molecule has 8 nitrogen and oxygen atoms in total. The summed E-state index contributed by atoms with van der Waals surface area (Å²) >= 11 is 2.57. The van der Waals surface area contributed by atoms with Gasteiger partial charge in [0.25, 0.3) is 0 Å². The molecular formula is C28H30N4O4S2. The van der Waals surface area contributed by atoms with E-state index in [9.17, 15) is 9.59 Å². The van der Waals surface area contributed by atoms with Crippen molar-refractivity contribution < 1.29 is 19.1 Å². The second kappa shape index (κ2) is 12.7. The molecule has 38 heavy (non-hydrogen) atoms. The first-order chi connectivity index (χ1) is 18.4. The van der Waals surface area contributed by atoms with Gasteiger partial charge in [-0.15, -0.1) is 21.5 Å². The third kappa shape index (κ3) is 6.43. The highest BCUT2D eigenvalue weighted by Crippen LogP contribution is 2.36. The summed E-state index contributed by atoms with van der Waals surface area (Å²) in [5.74, 6) is 1.26. The molecule has 0 bridgehead atoms. The topological polar surface area (TPSA) is 95.3 Å². The van der Waals surface area contributed by atoms with Gasteiger partial charge in [0.05, 0.1) is 12.9 Å². The zero-order valence-electron chi connectivity index (χ0n) is 21.8. The van der Waals surface area contributed by atoms with Gasteiger partial charge in [-0.3, -0.25) is 4.79 Å². The third-order valence-electron chi connectivity index (χ3n) is 5.88. The van der Waals surface area contributed by atoms with Crippen LogP contribution in [-0.4, -0.2) is 39.5 Å². The number of carbonyl (C=O) groups excluding carboxylic acids is 2. The molecule has 0 radical (unpaired) electrons. The average Bonchev–Trinajstić information content (AvgIpc) is 3.54. The normalized spacial score (nSPS) is 11.0. The standard InChI is InChI=1S/C28H30N4O4S2/c1-5-32-23(15-36-21-13-11-19(12-14-21)18(2)3)30-31-28(32)38-17-24(33)29-26-25(27(34)35-4)22(16-37-26)20-9-7-6-8-10-20/h6-14,16,18H,5,15,17H2,1-4H3,(H,29,33). The lowest BCUT2D eigenvalue weighted by molar-refractivity contribution is -0.113. The van der Waals surface area contributed by atoms with Gasteiger partial charge in [-0.05, 0) is 36.1 Å². The van der Waals surface area contributed by atoms with Gasteiger partial charge in [0.2, 0.25) is 5.91 Å². The molecule has 2 heterocycles. The zero-order chi connectivity index (χ0) is 27.1. The monoisotopic (exact) mass is 550 g/mol. The van der Waals surface area contributed by atoms with Crippen LogP contribution in [0.4, 0.5) is 5.00 Å². The Kier molecular flexibility index (Phi) is 9.19. The van der Waals surface area contributed by atoms with Crippen LogP contribution < -0.4 is 10.1 Å². The molecule has 0 saturated carbocycles. The molecule has 1 amide bonds. The minimum atomic E-state index is -0.498. The SMILES string of the molecule is CCn1c(COc2ccc(C(C)C)cc2)nnc1SCC(=O)Nc1scc(-c2ccccc2)c1C(=O)OC. The first-order valence-corrected chi connectivity index (χ1v) is 14.1. The largest absolute Gasteiger partial charge is 0.486 e. The number of anilines is 1. The van der Waals surface area contributed by atoms with Crippen molar-refractivity contribution in [1.82, 2.24) is 14.8 Å². The molecule has 0 aliphatic carbocycles. The van der Waals surface area contributed by atoms with Crippen LogP contribution in [0.2, 0.25) is 0 Å². The number of hydrogen-bond acceptors (Lipinski definition) is 8. The smallest absolute Gasteiger partial charge is 0.341 e. The molecule has 0 saturated heterocycles. The van der Waals surface area contributed by atoms with E-state index in [0.29, 0.717) is 34.0 Å². The van der Waals surface area contributed by atoms with Crippen LogP contribution in [0.5, 0.6) is 5.75 Å². The maximum absolute atomic E-state index is 12.8. The van der Waals surface area contributed by atoms with Gasteiger partial charge < -0.3 is 19.4 Å². The summed E-state index contributed by atoms with van der Waals surface area (Å²) in [7, 11) is 1.33. The number of carbonyl (C=O) groups is 2. The summed E-state index contributed by atoms with van der Waals surface area (Å²) in [4.78, 5) is 25.4. The molecule has 0 aliphatic heterocycles. The van der Waals surface area contributed by atoms with Crippen molar-refractivity contribution >= 4 is 40.0 Å². The van der Waals surface area contributed by atoms with Crippen LogP contribution in [0.1, 0.15) is 48.4 Å². The number of nitrogens with zero attached hydrogens (tertiary/aromatic N) is 3. The summed E-state index contributed by atoms with van der Waals surface area (Å²) in [6.07, 6.45) is 0. The number of thioether (sulfide) groups is 1. The number of methoxy groups -OCH3 is 1. The summed E-state index contributed by atoms with van der Waals surface area (Å²) in [6, 6.07) is 17.6. The van der Waals surface area contributed by atoms with E-state index >= 15 is 0 Å². The molecule has 10 heteroatoms. The van der Waals surface area contributed by atoms with Crippen molar-refractivity contribution in [2.24, 2.45) is 0 Å². The molecule has 0 unspecified atom stereocenters. The highest BCUT2D eigenvalue weighted by Gasteiger charge is 2.23. The highest BCUT2D eigenvalue weighted by molar-refractivity contribution is 7.99. The van der Waals surface area contributed by atoms with E-state index in [1.807, 2.05) is 59.3 Å². The number of nitrogens with one attached hydrogen (secondary N) is 1. The van der Waals surface area contributed by atoms with Crippen molar-refractivity contribution in [2.75, 3.05) is 18.2 Å². The van der Waals surface area contributed by atoms with Crippen LogP contribution in [0.25, 0.3) is 11.1 Å². The molecule has 0 spiro atoms. The predicted molar refractivity (Wildman–Crippen MR) is 151 cm³/mol. The average molecular weight is 551 g/mol. The molecule has 198 valence electrons. The summed E-state index contributed by atoms with van der Waals surface area (Å²) < 4.78 is 12.8. The van der Waals surface area contributed by atoms with Gasteiger partial charge in [-0.1, -0.05) is 68.1 Å². The fourth-order valence-electron chi connectivity index (χ4n) is 3.82. The first kappa shape index (κ1) is 27.4. The Morgan fingerprint density at radius 1 is 1.08 bits per heavy atom. The molecule has 0 fully saturated rings. The van der Waals surface area contributed by atoms with Crippen LogP contribution in [0.3, 0.4) is 0 Å². The fourth-order valence-corrected chi connectivity index (χ4v) is 5.62. The second-order valence-corrected chi connectivity index (χ2v) is 10.5. The van der Waals surface area contributed by atoms with Crippen molar-refractivity contribution in [3.05, 3.63) is 76.9 Å². The molecule has 4 aromatic rings. The van der Waals surface area contributed by atoms with E-state index in [2.05, 4.69) is 41.5 Å². The van der Waals surface area contributed by atoms with Crippen LogP contribution >= 0.6 is 23.1 Å². The van der Waals surface area contributed by atoms with Crippen molar-refractivity contribution in [3.8, 4) is 16.9 Å². The third-order valence-corrected chi connectivity index (χ3v) is 7.74. The van der Waals surface area contributed by atoms with Crippen LogP contribution in [0.15, 0.2) is 65.1 Å².